The molecule has 0 aliphatic carbocycles. The predicted molar refractivity (Wildman–Crippen MR) is 80.1 cm³/mol. The van der Waals surface area contributed by atoms with Crippen molar-refractivity contribution in [3.63, 3.8) is 0 Å². The molecule has 1 fully saturated rings. The lowest BCUT2D eigenvalue weighted by atomic mass is 9.55. The van der Waals surface area contributed by atoms with Crippen LogP contribution in [0.2, 0.25) is 0 Å². The molecule has 0 amide bonds. The SMILES string of the molecule is CC(C)(S)C(C)(C)O[B]B1OC(C)(C)C(C)(C)O1. The van der Waals surface area contributed by atoms with Crippen molar-refractivity contribution in [2.45, 2.75) is 76.9 Å². The van der Waals surface area contributed by atoms with Crippen LogP contribution in [0, 0.1) is 0 Å². The summed E-state index contributed by atoms with van der Waals surface area (Å²) in [7, 11) is 1.19. The highest BCUT2D eigenvalue weighted by molar-refractivity contribution is 7.81. The van der Waals surface area contributed by atoms with Gasteiger partial charge in [0.2, 0.25) is 0 Å². The Morgan fingerprint density at radius 2 is 1.39 bits per heavy atom. The van der Waals surface area contributed by atoms with Gasteiger partial charge in [-0.2, -0.15) is 12.6 Å². The van der Waals surface area contributed by atoms with E-state index in [-0.39, 0.29) is 15.9 Å². The number of hydrogen-bond acceptors (Lipinski definition) is 4. The van der Waals surface area contributed by atoms with Crippen molar-refractivity contribution >= 4 is 27.0 Å². The van der Waals surface area contributed by atoms with Gasteiger partial charge in [0, 0.05) is 4.75 Å². The molecule has 0 unspecified atom stereocenters. The van der Waals surface area contributed by atoms with E-state index in [0.717, 1.165) is 0 Å². The molecule has 103 valence electrons. The molecule has 18 heavy (non-hydrogen) atoms. The molecule has 1 heterocycles. The van der Waals surface area contributed by atoms with E-state index in [2.05, 4.69) is 12.6 Å². The Labute approximate surface area is 118 Å². The third-order valence-corrected chi connectivity index (χ3v) is 4.76. The summed E-state index contributed by atoms with van der Waals surface area (Å²) in [6.07, 6.45) is 0. The van der Waals surface area contributed by atoms with Crippen molar-refractivity contribution in [2.75, 3.05) is 0 Å². The van der Waals surface area contributed by atoms with Crippen LogP contribution in [0.3, 0.4) is 0 Å². The standard InChI is InChI=1S/C12H25B2O3S/c1-9(2)10(3,4)17-14(16-9)13-15-11(5,6)12(7,8)18/h18H,1-8H3. The zero-order valence-corrected chi connectivity index (χ0v) is 13.7. The maximum Gasteiger partial charge on any atom is 0.439 e. The normalized spacial score (nSPS) is 23.3. The Balaban J connectivity index is 2.58. The molecule has 0 aromatic heterocycles. The van der Waals surface area contributed by atoms with Crippen LogP contribution in [0.15, 0.2) is 0 Å². The molecule has 1 rings (SSSR count). The van der Waals surface area contributed by atoms with E-state index in [0.29, 0.717) is 0 Å². The van der Waals surface area contributed by atoms with Crippen molar-refractivity contribution in [3.05, 3.63) is 0 Å². The van der Waals surface area contributed by atoms with Crippen LogP contribution >= 0.6 is 12.6 Å². The summed E-state index contributed by atoms with van der Waals surface area (Å²) in [6.45, 7) is 16.1. The highest BCUT2D eigenvalue weighted by atomic mass is 32.1. The molecule has 0 aromatic carbocycles. The zero-order valence-electron chi connectivity index (χ0n) is 12.8. The minimum Gasteiger partial charge on any atom is -0.437 e. The van der Waals surface area contributed by atoms with E-state index >= 15 is 0 Å². The zero-order chi connectivity index (χ0) is 14.4. The van der Waals surface area contributed by atoms with Gasteiger partial charge in [-0.25, -0.2) is 0 Å². The van der Waals surface area contributed by atoms with Gasteiger partial charge in [-0.1, -0.05) is 0 Å². The van der Waals surface area contributed by atoms with Crippen molar-refractivity contribution in [1.82, 2.24) is 0 Å². The first-order valence-electron chi connectivity index (χ1n) is 6.38. The van der Waals surface area contributed by atoms with Crippen LogP contribution in [-0.2, 0) is 14.0 Å². The maximum atomic E-state index is 5.84. The van der Waals surface area contributed by atoms with Crippen LogP contribution in [0.5, 0.6) is 0 Å². The summed E-state index contributed by atoms with van der Waals surface area (Å²) in [5.41, 5.74) is -1.07. The van der Waals surface area contributed by atoms with E-state index in [1.807, 2.05) is 55.4 Å². The van der Waals surface area contributed by atoms with Gasteiger partial charge in [0.05, 0.1) is 16.8 Å². The Kier molecular flexibility index (Phi) is 4.31. The van der Waals surface area contributed by atoms with E-state index in [9.17, 15) is 0 Å². The molecule has 6 heteroatoms. The Morgan fingerprint density at radius 3 is 1.72 bits per heavy atom. The summed E-state index contributed by atoms with van der Waals surface area (Å²) in [5.74, 6) is 0. The summed E-state index contributed by atoms with van der Waals surface area (Å²) < 4.78 is 17.2. The fraction of sp³-hybridized carbons (Fsp3) is 1.00. The number of hydrogen-bond donors (Lipinski definition) is 1. The topological polar surface area (TPSA) is 27.7 Å². The summed E-state index contributed by atoms with van der Waals surface area (Å²) in [6, 6.07) is 0. The van der Waals surface area contributed by atoms with Gasteiger partial charge < -0.3 is 14.0 Å². The Bertz CT molecular complexity index is 295. The summed E-state index contributed by atoms with van der Waals surface area (Å²) >= 11 is 4.55. The third-order valence-electron chi connectivity index (χ3n) is 4.22. The maximum absolute atomic E-state index is 5.84. The van der Waals surface area contributed by atoms with Crippen molar-refractivity contribution < 1.29 is 14.0 Å². The molecule has 0 saturated carbocycles. The first kappa shape index (κ1) is 16.4. The smallest absolute Gasteiger partial charge is 0.437 e. The van der Waals surface area contributed by atoms with Gasteiger partial charge in [-0.05, 0) is 55.4 Å². The lowest BCUT2D eigenvalue weighted by Crippen LogP contribution is -2.47. The van der Waals surface area contributed by atoms with Crippen molar-refractivity contribution in [3.8, 4) is 0 Å². The molecule has 1 radical (unpaired) electrons. The van der Waals surface area contributed by atoms with Gasteiger partial charge in [0.25, 0.3) is 0 Å². The van der Waals surface area contributed by atoms with Gasteiger partial charge in [0.1, 0.15) is 0 Å². The van der Waals surface area contributed by atoms with Crippen LogP contribution in [0.25, 0.3) is 0 Å². The first-order chi connectivity index (χ1) is 7.79. The molecule has 0 bridgehead atoms. The average molecular weight is 271 g/mol. The van der Waals surface area contributed by atoms with Gasteiger partial charge in [-0.15, -0.1) is 0 Å². The Hall–Kier alpha value is 0.360. The summed E-state index contributed by atoms with van der Waals surface area (Å²) in [5, 5.41) is 0. The van der Waals surface area contributed by atoms with Crippen molar-refractivity contribution in [2.24, 2.45) is 0 Å². The fourth-order valence-corrected chi connectivity index (χ4v) is 1.37. The van der Waals surface area contributed by atoms with Crippen LogP contribution in [0.1, 0.15) is 55.4 Å². The second-order valence-corrected chi connectivity index (χ2v) is 8.07. The monoisotopic (exact) mass is 271 g/mol. The number of thiol groups is 1. The minimum absolute atomic E-state index is 0.257. The first-order valence-corrected chi connectivity index (χ1v) is 6.82. The Morgan fingerprint density at radius 1 is 1.00 bits per heavy atom. The predicted octanol–water partition coefficient (Wildman–Crippen LogP) is 2.70. The molecule has 3 nitrogen and oxygen atoms in total. The molecule has 1 aliphatic heterocycles. The summed E-state index contributed by atoms with van der Waals surface area (Å²) in [4.78, 5) is 0. The largest absolute Gasteiger partial charge is 0.439 e. The molecule has 1 saturated heterocycles. The van der Waals surface area contributed by atoms with Gasteiger partial charge in [0.15, 0.2) is 0 Å². The second kappa shape index (κ2) is 4.72. The molecular formula is C12H25B2O3S. The number of rotatable bonds is 4. The van der Waals surface area contributed by atoms with E-state index in [4.69, 9.17) is 14.0 Å². The third kappa shape index (κ3) is 3.27. The quantitative estimate of drug-likeness (QED) is 0.629. The molecular weight excluding hydrogens is 246 g/mol. The van der Waals surface area contributed by atoms with E-state index < -0.39 is 12.6 Å². The minimum atomic E-state index is -0.440. The fourth-order valence-electron chi connectivity index (χ4n) is 1.31. The molecule has 0 atom stereocenters. The van der Waals surface area contributed by atoms with E-state index in [1.54, 1.807) is 7.37 Å². The van der Waals surface area contributed by atoms with Gasteiger partial charge in [-0.3, -0.25) is 0 Å². The molecule has 0 spiro atoms. The van der Waals surface area contributed by atoms with Crippen LogP contribution < -0.4 is 0 Å². The molecule has 0 N–H and O–H groups in total. The van der Waals surface area contributed by atoms with E-state index in [1.165, 1.54) is 0 Å². The second-order valence-electron chi connectivity index (χ2n) is 6.95. The van der Waals surface area contributed by atoms with Crippen LogP contribution in [0.4, 0.5) is 0 Å². The lowest BCUT2D eigenvalue weighted by Gasteiger charge is -2.38. The van der Waals surface area contributed by atoms with Crippen molar-refractivity contribution in [1.29, 1.82) is 0 Å². The van der Waals surface area contributed by atoms with Crippen LogP contribution in [-0.4, -0.2) is 35.9 Å². The lowest BCUT2D eigenvalue weighted by molar-refractivity contribution is 0.00578. The highest BCUT2D eigenvalue weighted by Gasteiger charge is 2.52. The molecule has 0 aromatic rings. The van der Waals surface area contributed by atoms with Gasteiger partial charge >= 0.3 is 14.4 Å². The average Bonchev–Trinajstić information content (AvgIpc) is 2.30. The highest BCUT2D eigenvalue weighted by Crippen LogP contribution is 2.37. The molecule has 1 aliphatic rings.